The van der Waals surface area contributed by atoms with E-state index in [2.05, 4.69) is 50.6 Å². The summed E-state index contributed by atoms with van der Waals surface area (Å²) in [6.45, 7) is 5.30. The van der Waals surface area contributed by atoms with Crippen molar-refractivity contribution in [2.24, 2.45) is 0 Å². The van der Waals surface area contributed by atoms with E-state index < -0.39 is 0 Å². The second-order valence-corrected chi connectivity index (χ2v) is 10.0. The number of hydrogen-bond donors (Lipinski definition) is 3. The number of carbonyl (C=O) groups excluding carboxylic acids is 1. The zero-order valence-electron chi connectivity index (χ0n) is 19.7. The highest BCUT2D eigenvalue weighted by atomic mass is 16.3. The van der Waals surface area contributed by atoms with Gasteiger partial charge in [0.2, 0.25) is 0 Å². The van der Waals surface area contributed by atoms with E-state index in [0.29, 0.717) is 24.7 Å². The van der Waals surface area contributed by atoms with Gasteiger partial charge in [-0.25, -0.2) is 0 Å². The van der Waals surface area contributed by atoms with Gasteiger partial charge in [-0.05, 0) is 49.2 Å². The number of likely N-dealkylation sites (N-methyl/N-ethyl adjacent to an activating group) is 1. The molecule has 1 aliphatic carbocycles. The summed E-state index contributed by atoms with van der Waals surface area (Å²) in [5, 5.41) is 22.4. The predicted octanol–water partition coefficient (Wildman–Crippen LogP) is 3.53. The summed E-state index contributed by atoms with van der Waals surface area (Å²) in [4.78, 5) is 20.1. The zero-order valence-corrected chi connectivity index (χ0v) is 19.7. The molecule has 1 amide bonds. The van der Waals surface area contributed by atoms with Crippen LogP contribution in [-0.4, -0.2) is 70.3 Å². The highest BCUT2D eigenvalue weighted by Gasteiger charge is 2.28. The van der Waals surface area contributed by atoms with Crippen LogP contribution in [-0.2, 0) is 13.1 Å². The van der Waals surface area contributed by atoms with Crippen LogP contribution in [0.3, 0.4) is 0 Å². The van der Waals surface area contributed by atoms with Gasteiger partial charge in [0.25, 0.3) is 5.91 Å². The number of hydrogen-bond acceptors (Lipinski definition) is 6. The lowest BCUT2D eigenvalue weighted by atomic mass is 10.1. The van der Waals surface area contributed by atoms with Crippen LogP contribution < -0.4 is 10.2 Å². The van der Waals surface area contributed by atoms with Crippen LogP contribution in [0.4, 0.5) is 11.5 Å². The molecule has 178 valence electrons. The van der Waals surface area contributed by atoms with E-state index in [1.165, 1.54) is 29.7 Å². The lowest BCUT2D eigenvalue weighted by molar-refractivity contribution is 0.0748. The summed E-state index contributed by atoms with van der Waals surface area (Å²) in [5.41, 5.74) is 4.66. The minimum atomic E-state index is -0.148. The number of anilines is 2. The maximum Gasteiger partial charge on any atom is 0.258 e. The number of nitrogens with zero attached hydrogens (tertiary/aromatic N) is 4. The number of aromatic amines is 1. The number of aromatic nitrogens is 2. The smallest absolute Gasteiger partial charge is 0.258 e. The zero-order chi connectivity index (χ0) is 23.2. The van der Waals surface area contributed by atoms with Gasteiger partial charge in [-0.1, -0.05) is 18.9 Å². The lowest BCUT2D eigenvalue weighted by Crippen LogP contribution is -2.44. The highest BCUT2D eigenvalue weighted by Crippen LogP contribution is 2.34. The van der Waals surface area contributed by atoms with Gasteiger partial charge in [0.15, 0.2) is 5.82 Å². The summed E-state index contributed by atoms with van der Waals surface area (Å²) >= 11 is 0. The highest BCUT2D eigenvalue weighted by molar-refractivity contribution is 6.03. The molecular formula is C26H32N6O2. The average Bonchev–Trinajstić information content (AvgIpc) is 3.59. The van der Waals surface area contributed by atoms with Crippen LogP contribution in [0.15, 0.2) is 30.3 Å². The van der Waals surface area contributed by atoms with Crippen LogP contribution >= 0.6 is 0 Å². The van der Waals surface area contributed by atoms with Gasteiger partial charge in [0, 0.05) is 62.5 Å². The van der Waals surface area contributed by atoms with Crippen molar-refractivity contribution in [1.29, 1.82) is 0 Å². The molecule has 3 aliphatic rings. The topological polar surface area (TPSA) is 87.7 Å². The Hall–Kier alpha value is -3.26. The first-order chi connectivity index (χ1) is 16.5. The van der Waals surface area contributed by atoms with Gasteiger partial charge >= 0.3 is 0 Å². The van der Waals surface area contributed by atoms with Crippen molar-refractivity contribution in [3.8, 4) is 5.75 Å². The molecule has 34 heavy (non-hydrogen) atoms. The molecule has 1 saturated heterocycles. The quantitative estimate of drug-likeness (QED) is 0.552. The largest absolute Gasteiger partial charge is 0.507 e. The van der Waals surface area contributed by atoms with Gasteiger partial charge in [0.05, 0.1) is 11.1 Å². The molecule has 2 aromatic carbocycles. The number of carbonyl (C=O) groups is 1. The first-order valence-electron chi connectivity index (χ1n) is 12.4. The van der Waals surface area contributed by atoms with Gasteiger partial charge in [-0.15, -0.1) is 0 Å². The molecular weight excluding hydrogens is 428 g/mol. The van der Waals surface area contributed by atoms with Gasteiger partial charge in [0.1, 0.15) is 5.75 Å². The Balaban J connectivity index is 1.22. The van der Waals surface area contributed by atoms with Crippen molar-refractivity contribution in [3.63, 3.8) is 0 Å². The molecule has 3 heterocycles. The summed E-state index contributed by atoms with van der Waals surface area (Å²) in [6, 6.07) is 10.4. The maximum atomic E-state index is 13.5. The van der Waals surface area contributed by atoms with Crippen molar-refractivity contribution >= 4 is 28.3 Å². The molecule has 0 spiro atoms. The van der Waals surface area contributed by atoms with E-state index >= 15 is 0 Å². The fourth-order valence-corrected chi connectivity index (χ4v) is 5.55. The molecule has 3 N–H and O–H groups in total. The van der Waals surface area contributed by atoms with E-state index in [1.807, 2.05) is 4.90 Å². The standard InChI is InChI=1S/C26H32N6O2/c1-30-8-10-31(11-9-30)20-7-6-17-15-32(16-18(17)12-20)26(34)22-13-21-23(14-24(22)33)28-29-25(21)27-19-4-2-3-5-19/h6-7,12-14,19,33H,2-5,8-11,15-16H2,1H3,(H2,27,28,29). The predicted molar refractivity (Wildman–Crippen MR) is 133 cm³/mol. The van der Waals surface area contributed by atoms with Crippen molar-refractivity contribution in [2.45, 2.75) is 44.8 Å². The molecule has 8 nitrogen and oxygen atoms in total. The molecule has 8 heteroatoms. The third-order valence-electron chi connectivity index (χ3n) is 7.67. The number of benzene rings is 2. The van der Waals surface area contributed by atoms with E-state index in [0.717, 1.165) is 55.7 Å². The van der Waals surface area contributed by atoms with E-state index in [-0.39, 0.29) is 11.7 Å². The number of amides is 1. The number of aromatic hydroxyl groups is 1. The van der Waals surface area contributed by atoms with Crippen molar-refractivity contribution in [2.75, 3.05) is 43.4 Å². The summed E-state index contributed by atoms with van der Waals surface area (Å²) in [6.07, 6.45) is 4.74. The van der Waals surface area contributed by atoms with E-state index in [4.69, 9.17) is 0 Å². The summed E-state index contributed by atoms with van der Waals surface area (Å²) < 4.78 is 0. The Labute approximate surface area is 199 Å². The molecule has 0 atom stereocenters. The van der Waals surface area contributed by atoms with E-state index in [9.17, 15) is 9.90 Å². The summed E-state index contributed by atoms with van der Waals surface area (Å²) in [7, 11) is 2.16. The number of fused-ring (bicyclic) bond motifs is 2. The number of phenolic OH excluding ortho intramolecular Hbond substituents is 1. The molecule has 0 radical (unpaired) electrons. The van der Waals surface area contributed by atoms with Crippen molar-refractivity contribution in [1.82, 2.24) is 20.0 Å². The molecule has 0 unspecified atom stereocenters. The monoisotopic (exact) mass is 460 g/mol. The molecule has 2 fully saturated rings. The number of nitrogens with one attached hydrogen (secondary N) is 2. The maximum absolute atomic E-state index is 13.5. The Morgan fingerprint density at radius 3 is 2.62 bits per heavy atom. The number of piperazine rings is 1. The first kappa shape index (κ1) is 21.3. The SMILES string of the molecule is CN1CCN(c2ccc3c(c2)CN(C(=O)c2cc4c(NC5CCCC5)n[nH]c4cc2O)C3)CC1. The van der Waals surface area contributed by atoms with Gasteiger partial charge < -0.3 is 25.1 Å². The molecule has 1 aromatic heterocycles. The van der Waals surface area contributed by atoms with Crippen LogP contribution in [0.1, 0.15) is 47.2 Å². The minimum absolute atomic E-state index is 0.0114. The van der Waals surface area contributed by atoms with Crippen LogP contribution in [0.5, 0.6) is 5.75 Å². The van der Waals surface area contributed by atoms with Crippen molar-refractivity contribution < 1.29 is 9.90 Å². The number of rotatable bonds is 4. The molecule has 1 saturated carbocycles. The Morgan fingerprint density at radius 1 is 1.06 bits per heavy atom. The van der Waals surface area contributed by atoms with Gasteiger partial charge in [-0.3, -0.25) is 9.89 Å². The summed E-state index contributed by atoms with van der Waals surface area (Å²) in [5.74, 6) is 0.602. The first-order valence-corrected chi connectivity index (χ1v) is 12.4. The lowest BCUT2D eigenvalue weighted by Gasteiger charge is -2.34. The minimum Gasteiger partial charge on any atom is -0.507 e. The normalized spacial score (nSPS) is 19.2. The van der Waals surface area contributed by atoms with Crippen LogP contribution in [0.25, 0.3) is 10.9 Å². The second kappa shape index (κ2) is 8.51. The molecule has 3 aromatic rings. The molecule has 0 bridgehead atoms. The Bertz CT molecular complexity index is 1220. The van der Waals surface area contributed by atoms with Crippen molar-refractivity contribution in [3.05, 3.63) is 47.0 Å². The fraction of sp³-hybridized carbons (Fsp3) is 0.462. The Morgan fingerprint density at radius 2 is 1.82 bits per heavy atom. The average molecular weight is 461 g/mol. The fourth-order valence-electron chi connectivity index (χ4n) is 5.55. The van der Waals surface area contributed by atoms with Crippen LogP contribution in [0.2, 0.25) is 0 Å². The molecule has 6 rings (SSSR count). The van der Waals surface area contributed by atoms with Crippen LogP contribution in [0, 0.1) is 0 Å². The second-order valence-electron chi connectivity index (χ2n) is 10.0. The Kier molecular flexibility index (Phi) is 5.32. The number of phenols is 1. The third kappa shape index (κ3) is 3.86. The number of H-pyrrole nitrogens is 1. The van der Waals surface area contributed by atoms with E-state index in [1.54, 1.807) is 12.1 Å². The van der Waals surface area contributed by atoms with Gasteiger partial charge in [-0.2, -0.15) is 5.10 Å². The molecule has 2 aliphatic heterocycles. The third-order valence-corrected chi connectivity index (χ3v) is 7.67.